The highest BCUT2D eigenvalue weighted by molar-refractivity contribution is 7.89. The first-order chi connectivity index (χ1) is 9.52. The minimum atomic E-state index is -4.08. The molecule has 1 aromatic carbocycles. The molecule has 1 fully saturated rings. The Labute approximate surface area is 116 Å². The van der Waals surface area contributed by atoms with Gasteiger partial charge >= 0.3 is 0 Å². The predicted molar refractivity (Wildman–Crippen MR) is 67.3 cm³/mol. The second-order valence-electron chi connectivity index (χ2n) is 4.19. The quantitative estimate of drug-likeness (QED) is 0.839. The molecule has 0 saturated carbocycles. The molecule has 1 heterocycles. The van der Waals surface area contributed by atoms with Crippen LogP contribution in [-0.2, 0) is 10.0 Å². The summed E-state index contributed by atoms with van der Waals surface area (Å²) in [7, 11) is -4.08. The summed E-state index contributed by atoms with van der Waals surface area (Å²) in [6.45, 7) is 0.698. The van der Waals surface area contributed by atoms with Crippen LogP contribution in [0.2, 0.25) is 0 Å². The van der Waals surface area contributed by atoms with Crippen molar-refractivity contribution in [2.75, 3.05) is 19.6 Å². The smallest absolute Gasteiger partial charge is 0.245 e. The van der Waals surface area contributed by atoms with Crippen LogP contribution in [-0.4, -0.2) is 38.4 Å². The van der Waals surface area contributed by atoms with E-state index in [1.807, 2.05) is 6.07 Å². The zero-order chi connectivity index (χ0) is 14.8. The van der Waals surface area contributed by atoms with Crippen LogP contribution in [0.1, 0.15) is 5.56 Å². The van der Waals surface area contributed by atoms with E-state index in [0.717, 1.165) is 10.4 Å². The van der Waals surface area contributed by atoms with Crippen LogP contribution in [0.15, 0.2) is 23.1 Å². The first-order valence-electron chi connectivity index (χ1n) is 5.83. The number of hydrogen-bond donors (Lipinski definition) is 1. The SMILES string of the molecule is N#Cc1c(F)cccc1S(=O)(=O)N1CCNCC1C#N. The number of hydrogen-bond acceptors (Lipinski definition) is 5. The summed E-state index contributed by atoms with van der Waals surface area (Å²) in [5.41, 5.74) is -0.525. The van der Waals surface area contributed by atoms with Gasteiger partial charge in [-0.25, -0.2) is 12.8 Å². The lowest BCUT2D eigenvalue weighted by Crippen LogP contribution is -2.52. The molecule has 0 spiro atoms. The summed E-state index contributed by atoms with van der Waals surface area (Å²) in [6.07, 6.45) is 0. The molecule has 1 saturated heterocycles. The van der Waals surface area contributed by atoms with E-state index in [4.69, 9.17) is 10.5 Å². The van der Waals surface area contributed by atoms with Crippen LogP contribution >= 0.6 is 0 Å². The third-order valence-corrected chi connectivity index (χ3v) is 4.97. The molecule has 8 heteroatoms. The molecule has 6 nitrogen and oxygen atoms in total. The third-order valence-electron chi connectivity index (χ3n) is 3.02. The van der Waals surface area contributed by atoms with Crippen LogP contribution in [0.4, 0.5) is 4.39 Å². The van der Waals surface area contributed by atoms with Gasteiger partial charge in [-0.3, -0.25) is 0 Å². The lowest BCUT2D eigenvalue weighted by Gasteiger charge is -2.31. The molecule has 104 valence electrons. The summed E-state index contributed by atoms with van der Waals surface area (Å²) in [5, 5.41) is 20.9. The maximum Gasteiger partial charge on any atom is 0.245 e. The highest BCUT2D eigenvalue weighted by atomic mass is 32.2. The van der Waals surface area contributed by atoms with Gasteiger partial charge in [0, 0.05) is 19.6 Å². The molecular formula is C12H11FN4O2S. The molecule has 1 aliphatic heterocycles. The Balaban J connectivity index is 2.54. The fourth-order valence-electron chi connectivity index (χ4n) is 2.04. The first-order valence-corrected chi connectivity index (χ1v) is 7.27. The molecule has 0 radical (unpaired) electrons. The fourth-order valence-corrected chi connectivity index (χ4v) is 3.73. The number of rotatable bonds is 2. The van der Waals surface area contributed by atoms with Crippen molar-refractivity contribution in [3.63, 3.8) is 0 Å². The van der Waals surface area contributed by atoms with Gasteiger partial charge in [0.05, 0.1) is 6.07 Å². The van der Waals surface area contributed by atoms with E-state index in [0.29, 0.717) is 6.54 Å². The van der Waals surface area contributed by atoms with Gasteiger partial charge < -0.3 is 5.32 Å². The van der Waals surface area contributed by atoms with Gasteiger partial charge in [-0.15, -0.1) is 0 Å². The standard InChI is InChI=1S/C12H11FN4O2S/c13-11-2-1-3-12(10(11)7-15)20(18,19)17-5-4-16-8-9(17)6-14/h1-3,9,16H,4-5,8H2. The van der Waals surface area contributed by atoms with Crippen molar-refractivity contribution < 1.29 is 12.8 Å². The maximum atomic E-state index is 13.5. The summed E-state index contributed by atoms with van der Waals surface area (Å²) in [5.74, 6) is -0.891. The molecule has 0 aliphatic carbocycles. The van der Waals surface area contributed by atoms with Crippen molar-refractivity contribution in [1.29, 1.82) is 10.5 Å². The molecule has 1 atom stereocenters. The normalized spacial score (nSPS) is 20.1. The van der Waals surface area contributed by atoms with Gasteiger partial charge in [0.1, 0.15) is 28.4 Å². The topological polar surface area (TPSA) is 97.0 Å². The van der Waals surface area contributed by atoms with Crippen molar-refractivity contribution in [3.05, 3.63) is 29.6 Å². The van der Waals surface area contributed by atoms with Gasteiger partial charge in [0.25, 0.3) is 0 Å². The van der Waals surface area contributed by atoms with Crippen LogP contribution in [0.3, 0.4) is 0 Å². The number of benzene rings is 1. The van der Waals surface area contributed by atoms with Crippen LogP contribution in [0.25, 0.3) is 0 Å². The summed E-state index contributed by atoms with van der Waals surface area (Å²) in [6, 6.07) is 6.01. The van der Waals surface area contributed by atoms with E-state index in [1.54, 1.807) is 6.07 Å². The number of halogens is 1. The van der Waals surface area contributed by atoms with Crippen molar-refractivity contribution >= 4 is 10.0 Å². The highest BCUT2D eigenvalue weighted by Crippen LogP contribution is 2.24. The number of nitrogens with one attached hydrogen (secondary N) is 1. The second kappa shape index (κ2) is 5.55. The average molecular weight is 294 g/mol. The molecule has 0 amide bonds. The Bertz CT molecular complexity index is 705. The number of nitriles is 2. The monoisotopic (exact) mass is 294 g/mol. The Hall–Kier alpha value is -2.00. The summed E-state index contributed by atoms with van der Waals surface area (Å²) < 4.78 is 39.6. The third kappa shape index (κ3) is 2.37. The largest absolute Gasteiger partial charge is 0.313 e. The van der Waals surface area contributed by atoms with Gasteiger partial charge in [-0.05, 0) is 12.1 Å². The minimum absolute atomic E-state index is 0.0991. The van der Waals surface area contributed by atoms with Gasteiger partial charge in [0.2, 0.25) is 10.0 Å². The van der Waals surface area contributed by atoms with E-state index in [9.17, 15) is 12.8 Å². The maximum absolute atomic E-state index is 13.5. The van der Waals surface area contributed by atoms with Crippen LogP contribution in [0.5, 0.6) is 0 Å². The molecule has 20 heavy (non-hydrogen) atoms. The highest BCUT2D eigenvalue weighted by Gasteiger charge is 2.35. The molecule has 1 N–H and O–H groups in total. The van der Waals surface area contributed by atoms with E-state index >= 15 is 0 Å². The molecule has 1 unspecified atom stereocenters. The van der Waals surface area contributed by atoms with Crippen molar-refractivity contribution in [2.24, 2.45) is 0 Å². The van der Waals surface area contributed by atoms with Crippen molar-refractivity contribution in [2.45, 2.75) is 10.9 Å². The van der Waals surface area contributed by atoms with Crippen molar-refractivity contribution in [1.82, 2.24) is 9.62 Å². The Morgan fingerprint density at radius 3 is 2.80 bits per heavy atom. The molecule has 2 rings (SSSR count). The van der Waals surface area contributed by atoms with E-state index in [2.05, 4.69) is 5.32 Å². The second-order valence-corrected chi connectivity index (χ2v) is 6.05. The predicted octanol–water partition coefficient (Wildman–Crippen LogP) is 0.183. The van der Waals surface area contributed by atoms with Gasteiger partial charge in [0.15, 0.2) is 0 Å². The Kier molecular flexibility index (Phi) is 4.00. The van der Waals surface area contributed by atoms with E-state index in [-0.39, 0.29) is 13.1 Å². The zero-order valence-corrected chi connectivity index (χ0v) is 11.2. The molecule has 0 aromatic heterocycles. The summed E-state index contributed by atoms with van der Waals surface area (Å²) >= 11 is 0. The number of piperazine rings is 1. The zero-order valence-electron chi connectivity index (χ0n) is 10.4. The Morgan fingerprint density at radius 2 is 2.15 bits per heavy atom. The average Bonchev–Trinajstić information content (AvgIpc) is 2.46. The van der Waals surface area contributed by atoms with Gasteiger partial charge in [-0.1, -0.05) is 6.07 Å². The van der Waals surface area contributed by atoms with Crippen LogP contribution in [0, 0.1) is 28.5 Å². The summed E-state index contributed by atoms with van der Waals surface area (Å²) in [4.78, 5) is -0.401. The molecule has 1 aliphatic rings. The molecule has 1 aromatic rings. The number of sulfonamides is 1. The number of nitrogens with zero attached hydrogens (tertiary/aromatic N) is 3. The van der Waals surface area contributed by atoms with Crippen molar-refractivity contribution in [3.8, 4) is 12.1 Å². The minimum Gasteiger partial charge on any atom is -0.313 e. The Morgan fingerprint density at radius 1 is 1.40 bits per heavy atom. The van der Waals surface area contributed by atoms with Crippen LogP contribution < -0.4 is 5.32 Å². The van der Waals surface area contributed by atoms with E-state index in [1.165, 1.54) is 12.1 Å². The lowest BCUT2D eigenvalue weighted by atomic mass is 10.2. The molecular weight excluding hydrogens is 283 g/mol. The van der Waals surface area contributed by atoms with Gasteiger partial charge in [-0.2, -0.15) is 14.8 Å². The fraction of sp³-hybridized carbons (Fsp3) is 0.333. The molecule has 0 bridgehead atoms. The first kappa shape index (κ1) is 14.4. The lowest BCUT2D eigenvalue weighted by molar-refractivity contribution is 0.311. The van der Waals surface area contributed by atoms with E-state index < -0.39 is 32.3 Å².